The lowest BCUT2D eigenvalue weighted by Crippen LogP contribution is -2.27. The van der Waals surface area contributed by atoms with E-state index in [4.69, 9.17) is 5.11 Å². The van der Waals surface area contributed by atoms with Gasteiger partial charge in [0.05, 0.1) is 0 Å². The topological polar surface area (TPSA) is 88.5 Å². The Balaban J connectivity index is 2.48. The second-order valence-corrected chi connectivity index (χ2v) is 3.39. The van der Waals surface area contributed by atoms with E-state index >= 15 is 0 Å². The fourth-order valence-electron chi connectivity index (χ4n) is 1.48. The van der Waals surface area contributed by atoms with Crippen LogP contribution in [0.3, 0.4) is 0 Å². The van der Waals surface area contributed by atoms with E-state index in [1.807, 2.05) is 0 Å². The van der Waals surface area contributed by atoms with Crippen LogP contribution in [0.2, 0.25) is 0 Å². The average Bonchev–Trinajstić information content (AvgIpc) is 2.11. The van der Waals surface area contributed by atoms with Crippen LogP contribution >= 0.6 is 0 Å². The predicted octanol–water partition coefficient (Wildman–Crippen LogP) is -0.0315. The van der Waals surface area contributed by atoms with E-state index in [1.54, 1.807) is 0 Å². The summed E-state index contributed by atoms with van der Waals surface area (Å²) in [7, 11) is 0. The molecule has 1 N–H and O–H groups in total. The molecular weight excluding hydrogens is 188 g/mol. The molecule has 1 saturated carbocycles. The minimum atomic E-state index is -1.48. The summed E-state index contributed by atoms with van der Waals surface area (Å²) < 4.78 is 0. The zero-order valence-corrected chi connectivity index (χ0v) is 7.49. The van der Waals surface area contributed by atoms with E-state index in [0.717, 1.165) is 0 Å². The third-order valence-corrected chi connectivity index (χ3v) is 2.28. The van der Waals surface area contributed by atoms with Gasteiger partial charge < -0.3 is 5.11 Å². The summed E-state index contributed by atoms with van der Waals surface area (Å²) in [6.45, 7) is 0. The van der Waals surface area contributed by atoms with Crippen LogP contribution < -0.4 is 0 Å². The first-order valence-corrected chi connectivity index (χ1v) is 4.33. The highest BCUT2D eigenvalue weighted by molar-refractivity contribution is 6.38. The Morgan fingerprint density at radius 2 is 1.93 bits per heavy atom. The highest BCUT2D eigenvalue weighted by Gasteiger charge is 2.29. The molecule has 0 bridgehead atoms. The maximum atomic E-state index is 10.9. The number of carbonyl (C=O) groups is 4. The third kappa shape index (κ3) is 2.48. The summed E-state index contributed by atoms with van der Waals surface area (Å²) in [5.41, 5.74) is 0. The SMILES string of the molecule is O=C(O)C(=O)CC1CCC(=O)C(=O)C1. The Hall–Kier alpha value is -1.52. The molecule has 14 heavy (non-hydrogen) atoms. The van der Waals surface area contributed by atoms with E-state index in [1.165, 1.54) is 0 Å². The van der Waals surface area contributed by atoms with Crippen LogP contribution in [0.5, 0.6) is 0 Å². The van der Waals surface area contributed by atoms with Crippen molar-refractivity contribution in [1.82, 2.24) is 0 Å². The molecule has 0 aromatic carbocycles. The van der Waals surface area contributed by atoms with Crippen LogP contribution in [0.1, 0.15) is 25.7 Å². The Kier molecular flexibility index (Phi) is 3.11. The van der Waals surface area contributed by atoms with Gasteiger partial charge in [-0.05, 0) is 12.3 Å². The number of rotatable bonds is 3. The van der Waals surface area contributed by atoms with Crippen molar-refractivity contribution in [2.75, 3.05) is 0 Å². The van der Waals surface area contributed by atoms with Gasteiger partial charge in [-0.2, -0.15) is 0 Å². The molecule has 1 unspecified atom stereocenters. The Morgan fingerprint density at radius 1 is 1.29 bits per heavy atom. The molecule has 0 radical (unpaired) electrons. The zero-order valence-electron chi connectivity index (χ0n) is 7.49. The second-order valence-electron chi connectivity index (χ2n) is 3.39. The predicted molar refractivity (Wildman–Crippen MR) is 44.6 cm³/mol. The monoisotopic (exact) mass is 198 g/mol. The number of hydrogen-bond donors (Lipinski definition) is 1. The highest BCUT2D eigenvalue weighted by atomic mass is 16.4. The van der Waals surface area contributed by atoms with Gasteiger partial charge in [0.2, 0.25) is 5.78 Å². The van der Waals surface area contributed by atoms with E-state index in [2.05, 4.69) is 0 Å². The normalized spacial score (nSPS) is 22.1. The van der Waals surface area contributed by atoms with Crippen LogP contribution in [0.25, 0.3) is 0 Å². The summed E-state index contributed by atoms with van der Waals surface area (Å²) >= 11 is 0. The van der Waals surface area contributed by atoms with Crippen LogP contribution in [0.4, 0.5) is 0 Å². The smallest absolute Gasteiger partial charge is 0.372 e. The van der Waals surface area contributed by atoms with Gasteiger partial charge in [-0.25, -0.2) is 4.79 Å². The van der Waals surface area contributed by atoms with Crippen molar-refractivity contribution in [3.8, 4) is 0 Å². The molecule has 1 atom stereocenters. The summed E-state index contributed by atoms with van der Waals surface area (Å²) in [6, 6.07) is 0. The van der Waals surface area contributed by atoms with Crippen molar-refractivity contribution in [3.05, 3.63) is 0 Å². The van der Waals surface area contributed by atoms with Crippen molar-refractivity contribution in [2.24, 2.45) is 5.92 Å². The van der Waals surface area contributed by atoms with Gasteiger partial charge in [0, 0.05) is 19.3 Å². The van der Waals surface area contributed by atoms with Crippen molar-refractivity contribution < 1.29 is 24.3 Å². The third-order valence-electron chi connectivity index (χ3n) is 2.28. The summed E-state index contributed by atoms with van der Waals surface area (Å²) in [5.74, 6) is -3.54. The Morgan fingerprint density at radius 3 is 2.43 bits per heavy atom. The van der Waals surface area contributed by atoms with E-state index in [9.17, 15) is 19.2 Å². The molecule has 0 amide bonds. The molecule has 1 rings (SSSR count). The first-order valence-electron chi connectivity index (χ1n) is 4.33. The molecule has 5 heteroatoms. The van der Waals surface area contributed by atoms with Crippen LogP contribution in [0, 0.1) is 5.92 Å². The van der Waals surface area contributed by atoms with E-state index < -0.39 is 23.3 Å². The molecule has 5 nitrogen and oxygen atoms in total. The molecule has 0 heterocycles. The van der Waals surface area contributed by atoms with Crippen molar-refractivity contribution in [3.63, 3.8) is 0 Å². The molecule has 1 fully saturated rings. The van der Waals surface area contributed by atoms with E-state index in [-0.39, 0.29) is 25.2 Å². The van der Waals surface area contributed by atoms with Gasteiger partial charge in [-0.15, -0.1) is 0 Å². The van der Waals surface area contributed by atoms with E-state index in [0.29, 0.717) is 6.42 Å². The number of carbonyl (C=O) groups excluding carboxylic acids is 3. The standard InChI is InChI=1S/C9H10O5/c10-6-2-1-5(3-7(6)11)4-8(12)9(13)14/h5H,1-4H2,(H,13,14). The van der Waals surface area contributed by atoms with Crippen LogP contribution in [-0.2, 0) is 19.2 Å². The molecule has 0 aromatic rings. The molecule has 0 aliphatic heterocycles. The zero-order chi connectivity index (χ0) is 10.7. The summed E-state index contributed by atoms with van der Waals surface area (Å²) in [4.78, 5) is 42.8. The molecule has 0 spiro atoms. The largest absolute Gasteiger partial charge is 0.476 e. The number of aliphatic carboxylic acids is 1. The van der Waals surface area contributed by atoms with Gasteiger partial charge >= 0.3 is 5.97 Å². The maximum Gasteiger partial charge on any atom is 0.372 e. The number of hydrogen-bond acceptors (Lipinski definition) is 4. The van der Waals surface area contributed by atoms with Gasteiger partial charge in [-0.3, -0.25) is 14.4 Å². The summed E-state index contributed by atoms with van der Waals surface area (Å²) in [5, 5.41) is 8.33. The van der Waals surface area contributed by atoms with Crippen molar-refractivity contribution >= 4 is 23.3 Å². The number of carboxylic acids is 1. The lowest BCUT2D eigenvalue weighted by Gasteiger charge is -2.17. The van der Waals surface area contributed by atoms with Gasteiger partial charge in [0.1, 0.15) is 0 Å². The number of ketones is 3. The fraction of sp³-hybridized carbons (Fsp3) is 0.556. The Bertz CT molecular complexity index is 304. The molecule has 0 saturated heterocycles. The molecule has 1 aliphatic carbocycles. The lowest BCUT2D eigenvalue weighted by atomic mass is 9.84. The quantitative estimate of drug-likeness (QED) is 0.643. The lowest BCUT2D eigenvalue weighted by molar-refractivity contribution is -0.150. The highest BCUT2D eigenvalue weighted by Crippen LogP contribution is 2.22. The maximum absolute atomic E-state index is 10.9. The Labute approximate surface area is 80.1 Å². The van der Waals surface area contributed by atoms with Crippen LogP contribution in [0.15, 0.2) is 0 Å². The first-order chi connectivity index (χ1) is 6.50. The van der Waals surface area contributed by atoms with Gasteiger partial charge in [-0.1, -0.05) is 0 Å². The number of carboxylic acid groups (broad SMARTS) is 1. The van der Waals surface area contributed by atoms with Gasteiger partial charge in [0.25, 0.3) is 0 Å². The molecule has 76 valence electrons. The van der Waals surface area contributed by atoms with Crippen LogP contribution in [-0.4, -0.2) is 28.4 Å². The van der Waals surface area contributed by atoms with Gasteiger partial charge in [0.15, 0.2) is 11.6 Å². The minimum Gasteiger partial charge on any atom is -0.476 e. The average molecular weight is 198 g/mol. The van der Waals surface area contributed by atoms with Crippen molar-refractivity contribution in [1.29, 1.82) is 0 Å². The fourth-order valence-corrected chi connectivity index (χ4v) is 1.48. The number of Topliss-reactive ketones (excluding diaryl/α,β-unsaturated/α-hetero) is 3. The van der Waals surface area contributed by atoms with Crippen molar-refractivity contribution in [2.45, 2.75) is 25.7 Å². The second kappa shape index (κ2) is 4.13. The molecule has 0 aromatic heterocycles. The molecule has 1 aliphatic rings. The first kappa shape index (κ1) is 10.6. The molecular formula is C9H10O5. The summed E-state index contributed by atoms with van der Waals surface area (Å²) in [6.07, 6.45) is 0.437. The minimum absolute atomic E-state index is 0.0118.